The van der Waals surface area contributed by atoms with Crippen molar-refractivity contribution in [3.8, 4) is 0 Å². The lowest BCUT2D eigenvalue weighted by Crippen LogP contribution is -2.32. The number of para-hydroxylation sites is 1. The lowest BCUT2D eigenvalue weighted by molar-refractivity contribution is 0.284. The molecule has 37 heavy (non-hydrogen) atoms. The first-order valence-electron chi connectivity index (χ1n) is 13.6. The van der Waals surface area contributed by atoms with Crippen molar-refractivity contribution < 1.29 is 8.42 Å². The van der Waals surface area contributed by atoms with E-state index in [-0.39, 0.29) is 0 Å². The van der Waals surface area contributed by atoms with Crippen LogP contribution < -0.4 is 14.9 Å². The number of anilines is 2. The highest BCUT2D eigenvalue weighted by molar-refractivity contribution is 7.89. The van der Waals surface area contributed by atoms with Gasteiger partial charge in [0.1, 0.15) is 5.82 Å². The summed E-state index contributed by atoms with van der Waals surface area (Å²) in [5.41, 5.74) is 2.14. The monoisotopic (exact) mass is 523 g/mol. The smallest absolute Gasteiger partial charge is 0.240 e. The molecule has 0 spiro atoms. The first-order chi connectivity index (χ1) is 17.9. The summed E-state index contributed by atoms with van der Waals surface area (Å²) < 4.78 is 28.5. The van der Waals surface area contributed by atoms with Gasteiger partial charge in [-0.25, -0.2) is 18.1 Å². The molecule has 4 rings (SSSR count). The van der Waals surface area contributed by atoms with E-state index in [1.54, 1.807) is 12.1 Å². The number of hydrogen-bond donors (Lipinski definition) is 2. The van der Waals surface area contributed by atoms with E-state index >= 15 is 0 Å². The number of nitrogens with one attached hydrogen (secondary N) is 2. The number of nitrogens with zero attached hydrogens (tertiary/aromatic N) is 3. The molecule has 1 saturated carbocycles. The lowest BCUT2D eigenvalue weighted by atomic mass is 9.82. The zero-order chi connectivity index (χ0) is 26.3. The third-order valence-electron chi connectivity index (χ3n) is 7.39. The summed E-state index contributed by atoms with van der Waals surface area (Å²) in [6.45, 7) is 3.52. The molecule has 3 aromatic rings. The Morgan fingerprint density at radius 1 is 0.892 bits per heavy atom. The van der Waals surface area contributed by atoms with E-state index in [4.69, 9.17) is 9.97 Å². The van der Waals surface area contributed by atoms with Gasteiger partial charge in [-0.1, -0.05) is 44.0 Å². The fourth-order valence-corrected chi connectivity index (χ4v) is 6.20. The number of benzene rings is 2. The summed E-state index contributed by atoms with van der Waals surface area (Å²) in [7, 11) is 0.522. The molecule has 200 valence electrons. The van der Waals surface area contributed by atoms with E-state index in [1.807, 2.05) is 55.4 Å². The maximum absolute atomic E-state index is 12.8. The Kier molecular flexibility index (Phi) is 9.38. The van der Waals surface area contributed by atoms with Crippen LogP contribution in [-0.4, -0.2) is 45.6 Å². The van der Waals surface area contributed by atoms with E-state index in [0.717, 1.165) is 61.8 Å². The van der Waals surface area contributed by atoms with Crippen LogP contribution in [0.4, 0.5) is 11.8 Å². The van der Waals surface area contributed by atoms with Crippen LogP contribution >= 0.6 is 0 Å². The van der Waals surface area contributed by atoms with Crippen molar-refractivity contribution in [3.63, 3.8) is 0 Å². The molecule has 7 nitrogen and oxygen atoms in total. The highest BCUT2D eigenvalue weighted by Gasteiger charge is 2.23. The highest BCUT2D eigenvalue weighted by atomic mass is 32.2. The summed E-state index contributed by atoms with van der Waals surface area (Å²) >= 11 is 0. The Balaban J connectivity index is 1.24. The van der Waals surface area contributed by atoms with Crippen LogP contribution in [0, 0.1) is 11.8 Å². The van der Waals surface area contributed by atoms with Crippen LogP contribution in [0.5, 0.6) is 0 Å². The van der Waals surface area contributed by atoms with Crippen molar-refractivity contribution in [2.75, 3.05) is 37.4 Å². The molecule has 1 aromatic heterocycles. The van der Waals surface area contributed by atoms with E-state index < -0.39 is 10.0 Å². The van der Waals surface area contributed by atoms with Gasteiger partial charge in [0.05, 0.1) is 10.4 Å². The summed E-state index contributed by atoms with van der Waals surface area (Å²) in [4.78, 5) is 11.8. The molecule has 0 radical (unpaired) electrons. The molecule has 1 fully saturated rings. The zero-order valence-corrected chi connectivity index (χ0v) is 23.2. The first-order valence-corrected chi connectivity index (χ1v) is 15.1. The number of unbranched alkanes of at least 4 members (excludes halogenated alkanes) is 2. The van der Waals surface area contributed by atoms with Crippen molar-refractivity contribution in [2.24, 2.45) is 11.8 Å². The average molecular weight is 524 g/mol. The van der Waals surface area contributed by atoms with Gasteiger partial charge in [0, 0.05) is 32.6 Å². The molecule has 1 heterocycles. The van der Waals surface area contributed by atoms with Crippen LogP contribution in [0.15, 0.2) is 53.4 Å². The fraction of sp³-hybridized carbons (Fsp3) is 0.517. The van der Waals surface area contributed by atoms with E-state index in [1.165, 1.54) is 18.4 Å². The van der Waals surface area contributed by atoms with Crippen molar-refractivity contribution >= 4 is 32.7 Å². The predicted molar refractivity (Wildman–Crippen MR) is 153 cm³/mol. The molecule has 1 aliphatic rings. The standard InChI is InChI=1S/C29H41N5O2S/c1-4-5-6-9-22-16-18-25(19-17-22)37(35,36)31-21-24-14-12-23(13-15-24)20-30-29-32-27-11-8-7-10-26(27)28(33-29)34(2)3/h7-8,10-11,16-19,23-24,31H,4-6,9,12-15,20-21H2,1-3H3,(H,30,32,33). The second kappa shape index (κ2) is 12.7. The van der Waals surface area contributed by atoms with Crippen molar-refractivity contribution in [2.45, 2.75) is 63.2 Å². The summed E-state index contributed by atoms with van der Waals surface area (Å²) in [6.07, 6.45) is 8.72. The van der Waals surface area contributed by atoms with Gasteiger partial charge in [-0.3, -0.25) is 0 Å². The topological polar surface area (TPSA) is 87.2 Å². The number of aryl methyl sites for hydroxylation is 1. The molecule has 0 unspecified atom stereocenters. The Morgan fingerprint density at radius 2 is 1.57 bits per heavy atom. The zero-order valence-electron chi connectivity index (χ0n) is 22.4. The number of hydrogen-bond acceptors (Lipinski definition) is 6. The predicted octanol–water partition coefficient (Wildman–Crippen LogP) is 5.63. The summed E-state index contributed by atoms with van der Waals surface area (Å²) in [5.74, 6) is 2.48. The number of aromatic nitrogens is 2. The molecule has 0 bridgehead atoms. The minimum absolute atomic E-state index is 0.358. The Labute approximate surface area is 222 Å². The van der Waals surface area contributed by atoms with Crippen LogP contribution in [0.25, 0.3) is 10.9 Å². The minimum Gasteiger partial charge on any atom is -0.362 e. The second-order valence-electron chi connectivity index (χ2n) is 10.5. The number of sulfonamides is 1. The molecule has 8 heteroatoms. The molecule has 0 atom stereocenters. The van der Waals surface area contributed by atoms with Crippen LogP contribution in [0.1, 0.15) is 57.4 Å². The lowest BCUT2D eigenvalue weighted by Gasteiger charge is -2.28. The van der Waals surface area contributed by atoms with Crippen molar-refractivity contribution in [3.05, 3.63) is 54.1 Å². The molecule has 2 aromatic carbocycles. The SMILES string of the molecule is CCCCCc1ccc(S(=O)(=O)NCC2CCC(CNc3nc(N(C)C)c4ccccc4n3)CC2)cc1. The molecular weight excluding hydrogens is 482 g/mol. The van der Waals surface area contributed by atoms with Gasteiger partial charge < -0.3 is 10.2 Å². The summed E-state index contributed by atoms with van der Waals surface area (Å²) in [5, 5.41) is 4.50. The largest absolute Gasteiger partial charge is 0.362 e. The molecule has 1 aliphatic carbocycles. The molecule has 2 N–H and O–H groups in total. The quantitative estimate of drug-likeness (QED) is 0.299. The molecule has 0 amide bonds. The van der Waals surface area contributed by atoms with Crippen LogP contribution in [0.3, 0.4) is 0 Å². The second-order valence-corrected chi connectivity index (χ2v) is 12.3. The number of rotatable bonds is 12. The first kappa shape index (κ1) is 27.3. The van der Waals surface area contributed by atoms with Gasteiger partial charge in [0.25, 0.3) is 0 Å². The third-order valence-corrected chi connectivity index (χ3v) is 8.83. The van der Waals surface area contributed by atoms with E-state index in [9.17, 15) is 8.42 Å². The van der Waals surface area contributed by atoms with Gasteiger partial charge in [0.2, 0.25) is 16.0 Å². The van der Waals surface area contributed by atoms with Crippen LogP contribution in [0.2, 0.25) is 0 Å². The summed E-state index contributed by atoms with van der Waals surface area (Å²) in [6, 6.07) is 15.4. The molecule has 0 saturated heterocycles. The van der Waals surface area contributed by atoms with Gasteiger partial charge in [-0.15, -0.1) is 0 Å². The van der Waals surface area contributed by atoms with Gasteiger partial charge in [-0.05, 0) is 80.2 Å². The van der Waals surface area contributed by atoms with Gasteiger partial charge in [0.15, 0.2) is 0 Å². The minimum atomic E-state index is -3.47. The maximum atomic E-state index is 12.8. The van der Waals surface area contributed by atoms with Gasteiger partial charge >= 0.3 is 0 Å². The van der Waals surface area contributed by atoms with Crippen molar-refractivity contribution in [1.29, 1.82) is 0 Å². The van der Waals surface area contributed by atoms with Gasteiger partial charge in [-0.2, -0.15) is 4.98 Å². The Bertz CT molecular complexity index is 1250. The Morgan fingerprint density at radius 3 is 2.24 bits per heavy atom. The van der Waals surface area contributed by atoms with Crippen molar-refractivity contribution in [1.82, 2.24) is 14.7 Å². The van der Waals surface area contributed by atoms with E-state index in [0.29, 0.717) is 29.2 Å². The maximum Gasteiger partial charge on any atom is 0.240 e. The van der Waals surface area contributed by atoms with E-state index in [2.05, 4.69) is 17.0 Å². The Hall–Kier alpha value is -2.71. The molecular formula is C29H41N5O2S. The fourth-order valence-electron chi connectivity index (χ4n) is 5.08. The highest BCUT2D eigenvalue weighted by Crippen LogP contribution is 2.29. The normalized spacial score (nSPS) is 18.1. The van der Waals surface area contributed by atoms with Crippen LogP contribution in [-0.2, 0) is 16.4 Å². The third kappa shape index (κ3) is 7.42. The number of fused-ring (bicyclic) bond motifs is 1. The average Bonchev–Trinajstić information content (AvgIpc) is 2.91. The molecule has 0 aliphatic heterocycles.